The first-order valence-electron chi connectivity index (χ1n) is 3.88. The van der Waals surface area contributed by atoms with Crippen LogP contribution in [0, 0.1) is 0 Å². The van der Waals surface area contributed by atoms with Crippen LogP contribution in [0.2, 0.25) is 0 Å². The maximum Gasteiger partial charge on any atom is 0.506 e. The van der Waals surface area contributed by atoms with E-state index in [4.69, 9.17) is 10.2 Å². The van der Waals surface area contributed by atoms with Gasteiger partial charge in [0.15, 0.2) is 0 Å². The maximum atomic E-state index is 10.2. The molecule has 6 heteroatoms. The van der Waals surface area contributed by atoms with Crippen molar-refractivity contribution >= 4 is 12.3 Å². The minimum Gasteiger partial charge on any atom is -0.450 e. The lowest BCUT2D eigenvalue weighted by atomic mass is 10.2. The summed E-state index contributed by atoms with van der Waals surface area (Å²) in [7, 11) is 0. The lowest BCUT2D eigenvalue weighted by Crippen LogP contribution is -2.29. The summed E-state index contributed by atoms with van der Waals surface area (Å²) in [5.74, 6) is 0. The van der Waals surface area contributed by atoms with Crippen molar-refractivity contribution < 1.29 is 29.3 Å². The minimum absolute atomic E-state index is 0.518. The Morgan fingerprint density at radius 1 is 1.00 bits per heavy atom. The summed E-state index contributed by atoms with van der Waals surface area (Å²) in [6.07, 6.45) is -2.33. The molecule has 0 unspecified atom stereocenters. The van der Waals surface area contributed by atoms with Crippen LogP contribution in [0.1, 0.15) is 19.3 Å². The molecule has 1 aliphatic rings. The van der Waals surface area contributed by atoms with Crippen LogP contribution in [0.25, 0.3) is 0 Å². The van der Waals surface area contributed by atoms with Crippen LogP contribution in [-0.4, -0.2) is 34.7 Å². The average molecular weight is 190 g/mol. The Hall–Kier alpha value is -1.46. The molecule has 13 heavy (non-hydrogen) atoms. The first-order valence-corrected chi connectivity index (χ1v) is 3.88. The molecule has 1 saturated carbocycles. The van der Waals surface area contributed by atoms with Crippen LogP contribution in [-0.2, 0) is 9.47 Å². The fourth-order valence-corrected chi connectivity index (χ4v) is 1.42. The summed E-state index contributed by atoms with van der Waals surface area (Å²) in [5.41, 5.74) is 0. The van der Waals surface area contributed by atoms with E-state index in [1.54, 1.807) is 0 Å². The third kappa shape index (κ3) is 2.81. The zero-order valence-corrected chi connectivity index (χ0v) is 6.80. The molecule has 1 fully saturated rings. The van der Waals surface area contributed by atoms with Gasteiger partial charge >= 0.3 is 12.3 Å². The highest BCUT2D eigenvalue weighted by Crippen LogP contribution is 2.24. The topological polar surface area (TPSA) is 93.1 Å². The van der Waals surface area contributed by atoms with Crippen molar-refractivity contribution in [1.82, 2.24) is 0 Å². The standard InChI is InChI=1S/C7H10O6/c8-6(9)12-4-2-1-3-5(4)13-7(10)11/h4-5H,1-3H2,(H,8,9)(H,10,11)/t4-,5-/m1/s1. The molecule has 1 rings (SSSR count). The van der Waals surface area contributed by atoms with E-state index in [-0.39, 0.29) is 0 Å². The van der Waals surface area contributed by atoms with E-state index in [1.807, 2.05) is 0 Å². The summed E-state index contributed by atoms with van der Waals surface area (Å²) in [6, 6.07) is 0. The van der Waals surface area contributed by atoms with Gasteiger partial charge in [-0.3, -0.25) is 0 Å². The molecule has 0 aliphatic heterocycles. The Balaban J connectivity index is 2.43. The predicted octanol–water partition coefficient (Wildman–Crippen LogP) is 1.30. The third-order valence-electron chi connectivity index (χ3n) is 1.90. The molecule has 0 aromatic carbocycles. The Morgan fingerprint density at radius 2 is 1.38 bits per heavy atom. The van der Waals surface area contributed by atoms with Crippen LogP contribution in [0.5, 0.6) is 0 Å². The summed E-state index contributed by atoms with van der Waals surface area (Å²) in [4.78, 5) is 20.3. The monoisotopic (exact) mass is 190 g/mol. The summed E-state index contributed by atoms with van der Waals surface area (Å²) in [6.45, 7) is 0. The highest BCUT2D eigenvalue weighted by Gasteiger charge is 2.33. The first-order chi connectivity index (χ1) is 6.09. The quantitative estimate of drug-likeness (QED) is 0.637. The lowest BCUT2D eigenvalue weighted by molar-refractivity contribution is -0.0256. The van der Waals surface area contributed by atoms with Gasteiger partial charge in [0, 0.05) is 0 Å². The zero-order chi connectivity index (χ0) is 9.84. The molecular formula is C7H10O6. The molecule has 0 bridgehead atoms. The zero-order valence-electron chi connectivity index (χ0n) is 6.80. The molecule has 2 atom stereocenters. The van der Waals surface area contributed by atoms with E-state index in [0.717, 1.165) is 6.42 Å². The SMILES string of the molecule is O=C(O)O[C@@H]1CCC[C@H]1OC(=O)O. The van der Waals surface area contributed by atoms with E-state index in [9.17, 15) is 9.59 Å². The number of rotatable bonds is 2. The Bertz CT molecular complexity index is 191. The molecule has 0 amide bonds. The fraction of sp³-hybridized carbons (Fsp3) is 0.714. The van der Waals surface area contributed by atoms with Gasteiger partial charge in [-0.05, 0) is 19.3 Å². The van der Waals surface area contributed by atoms with Crippen LogP contribution in [0.4, 0.5) is 9.59 Å². The van der Waals surface area contributed by atoms with E-state index in [2.05, 4.69) is 9.47 Å². The summed E-state index contributed by atoms with van der Waals surface area (Å²) >= 11 is 0. The molecule has 0 saturated heterocycles. The van der Waals surface area contributed by atoms with Crippen LogP contribution >= 0.6 is 0 Å². The highest BCUT2D eigenvalue weighted by molar-refractivity contribution is 5.58. The predicted molar refractivity (Wildman–Crippen MR) is 39.6 cm³/mol. The molecule has 0 aromatic rings. The Labute approximate surface area is 74.1 Å². The largest absolute Gasteiger partial charge is 0.506 e. The second-order valence-corrected chi connectivity index (χ2v) is 2.78. The molecule has 2 N–H and O–H groups in total. The number of ether oxygens (including phenoxy) is 2. The molecule has 74 valence electrons. The second kappa shape index (κ2) is 3.97. The van der Waals surface area contributed by atoms with Gasteiger partial charge in [0.2, 0.25) is 0 Å². The molecule has 0 radical (unpaired) electrons. The third-order valence-corrected chi connectivity index (χ3v) is 1.90. The molecular weight excluding hydrogens is 180 g/mol. The van der Waals surface area contributed by atoms with E-state index in [1.165, 1.54) is 0 Å². The number of carbonyl (C=O) groups is 2. The highest BCUT2D eigenvalue weighted by atomic mass is 16.7. The molecule has 6 nitrogen and oxygen atoms in total. The second-order valence-electron chi connectivity index (χ2n) is 2.78. The Morgan fingerprint density at radius 3 is 1.69 bits per heavy atom. The van der Waals surface area contributed by atoms with Crippen LogP contribution in [0.3, 0.4) is 0 Å². The van der Waals surface area contributed by atoms with Crippen molar-refractivity contribution in [3.8, 4) is 0 Å². The van der Waals surface area contributed by atoms with Gasteiger partial charge in [-0.15, -0.1) is 0 Å². The van der Waals surface area contributed by atoms with Gasteiger partial charge in [-0.25, -0.2) is 9.59 Å². The van der Waals surface area contributed by atoms with Crippen LogP contribution < -0.4 is 0 Å². The van der Waals surface area contributed by atoms with Gasteiger partial charge in [0.1, 0.15) is 12.2 Å². The van der Waals surface area contributed by atoms with Crippen molar-refractivity contribution in [2.75, 3.05) is 0 Å². The van der Waals surface area contributed by atoms with E-state index < -0.39 is 24.5 Å². The van der Waals surface area contributed by atoms with E-state index in [0.29, 0.717) is 12.8 Å². The van der Waals surface area contributed by atoms with Crippen molar-refractivity contribution in [3.63, 3.8) is 0 Å². The lowest BCUT2D eigenvalue weighted by Gasteiger charge is -2.16. The van der Waals surface area contributed by atoms with Crippen molar-refractivity contribution in [2.24, 2.45) is 0 Å². The van der Waals surface area contributed by atoms with Gasteiger partial charge in [0.05, 0.1) is 0 Å². The minimum atomic E-state index is -1.40. The van der Waals surface area contributed by atoms with Gasteiger partial charge in [-0.2, -0.15) is 0 Å². The van der Waals surface area contributed by atoms with Crippen LogP contribution in [0.15, 0.2) is 0 Å². The summed E-state index contributed by atoms with van der Waals surface area (Å²) < 4.78 is 8.91. The number of hydrogen-bond acceptors (Lipinski definition) is 4. The smallest absolute Gasteiger partial charge is 0.450 e. The fourth-order valence-electron chi connectivity index (χ4n) is 1.42. The van der Waals surface area contributed by atoms with Crippen molar-refractivity contribution in [2.45, 2.75) is 31.5 Å². The maximum absolute atomic E-state index is 10.2. The van der Waals surface area contributed by atoms with Gasteiger partial charge < -0.3 is 19.7 Å². The van der Waals surface area contributed by atoms with Crippen molar-refractivity contribution in [1.29, 1.82) is 0 Å². The normalized spacial score (nSPS) is 26.8. The molecule has 1 aliphatic carbocycles. The van der Waals surface area contributed by atoms with Gasteiger partial charge in [-0.1, -0.05) is 0 Å². The first kappa shape index (κ1) is 9.63. The Kier molecular flexibility index (Phi) is 2.94. The van der Waals surface area contributed by atoms with Crippen molar-refractivity contribution in [3.05, 3.63) is 0 Å². The van der Waals surface area contributed by atoms with Gasteiger partial charge in [0.25, 0.3) is 0 Å². The molecule has 0 spiro atoms. The number of hydrogen-bond donors (Lipinski definition) is 2. The molecule has 0 heterocycles. The summed E-state index contributed by atoms with van der Waals surface area (Å²) in [5, 5.41) is 16.6. The average Bonchev–Trinajstić information content (AvgIpc) is 2.34. The van der Waals surface area contributed by atoms with E-state index >= 15 is 0 Å². The number of carboxylic acid groups (broad SMARTS) is 2. The molecule has 0 aromatic heterocycles.